The molecule has 0 bridgehead atoms. The third kappa shape index (κ3) is 3.91. The molecule has 0 radical (unpaired) electrons. The fourth-order valence-electron chi connectivity index (χ4n) is 3.27. The van der Waals surface area contributed by atoms with Crippen LogP contribution >= 0.6 is 0 Å². The number of H-pyrrole nitrogens is 1. The van der Waals surface area contributed by atoms with Crippen LogP contribution in [-0.2, 0) is 0 Å². The molecule has 2 aromatic carbocycles. The van der Waals surface area contributed by atoms with Crippen LogP contribution in [0, 0.1) is 12.7 Å². The molecule has 3 N–H and O–H groups in total. The molecule has 0 aliphatic rings. The average molecular weight is 428 g/mol. The first-order valence-electron chi connectivity index (χ1n) is 9.76. The van der Waals surface area contributed by atoms with E-state index in [0.717, 1.165) is 11.3 Å². The van der Waals surface area contributed by atoms with E-state index >= 15 is 0 Å². The van der Waals surface area contributed by atoms with E-state index < -0.39 is 5.76 Å². The topological polar surface area (TPSA) is 109 Å². The molecule has 0 amide bonds. The van der Waals surface area contributed by atoms with Crippen molar-refractivity contribution in [2.24, 2.45) is 0 Å². The number of oxazole rings is 1. The van der Waals surface area contributed by atoms with Gasteiger partial charge in [0, 0.05) is 46.7 Å². The minimum Gasteiger partial charge on any atom is -0.408 e. The van der Waals surface area contributed by atoms with Crippen molar-refractivity contribution in [1.82, 2.24) is 19.9 Å². The molecule has 3 aromatic heterocycles. The van der Waals surface area contributed by atoms with Crippen LogP contribution in [0.15, 0.2) is 76.3 Å². The number of halogens is 1. The first-order valence-corrected chi connectivity index (χ1v) is 9.76. The number of aromatic nitrogens is 4. The Morgan fingerprint density at radius 3 is 2.72 bits per heavy atom. The van der Waals surface area contributed by atoms with E-state index in [9.17, 15) is 9.18 Å². The van der Waals surface area contributed by atoms with Gasteiger partial charge in [-0.05, 0) is 49.4 Å². The monoisotopic (exact) mass is 428 g/mol. The van der Waals surface area contributed by atoms with Gasteiger partial charge in [0.25, 0.3) is 0 Å². The second-order valence-electron chi connectivity index (χ2n) is 7.14. The fraction of sp³-hybridized carbons (Fsp3) is 0.0435. The summed E-state index contributed by atoms with van der Waals surface area (Å²) in [7, 11) is 0. The lowest BCUT2D eigenvalue weighted by molar-refractivity contribution is 0.555. The number of fused-ring (bicyclic) bond motifs is 1. The molecular formula is C23H17FN6O2. The van der Waals surface area contributed by atoms with Crippen LogP contribution in [0.25, 0.3) is 22.2 Å². The summed E-state index contributed by atoms with van der Waals surface area (Å²) in [6.07, 6.45) is 4.93. The molecule has 9 heteroatoms. The molecule has 0 spiro atoms. The van der Waals surface area contributed by atoms with Crippen molar-refractivity contribution in [3.63, 3.8) is 0 Å². The van der Waals surface area contributed by atoms with Crippen LogP contribution in [0.4, 0.5) is 27.5 Å². The third-order valence-electron chi connectivity index (χ3n) is 4.85. The Bertz CT molecular complexity index is 1480. The Kier molecular flexibility index (Phi) is 4.83. The fourth-order valence-corrected chi connectivity index (χ4v) is 3.27. The second kappa shape index (κ2) is 7.95. The highest BCUT2D eigenvalue weighted by Gasteiger charge is 2.10. The van der Waals surface area contributed by atoms with E-state index in [1.54, 1.807) is 61.1 Å². The predicted octanol–water partition coefficient (Wildman–Crippen LogP) is 4.91. The first-order chi connectivity index (χ1) is 15.5. The van der Waals surface area contributed by atoms with Crippen LogP contribution in [0.3, 0.4) is 0 Å². The number of pyridine rings is 1. The number of hydrogen-bond acceptors (Lipinski definition) is 7. The summed E-state index contributed by atoms with van der Waals surface area (Å²) in [6.45, 7) is 1.88. The van der Waals surface area contributed by atoms with Gasteiger partial charge in [-0.15, -0.1) is 0 Å². The third-order valence-corrected chi connectivity index (χ3v) is 4.85. The van der Waals surface area contributed by atoms with Crippen molar-refractivity contribution < 1.29 is 8.81 Å². The van der Waals surface area contributed by atoms with Gasteiger partial charge in [-0.3, -0.25) is 9.97 Å². The highest BCUT2D eigenvalue weighted by atomic mass is 19.1. The van der Waals surface area contributed by atoms with Crippen molar-refractivity contribution in [2.45, 2.75) is 6.92 Å². The molecule has 0 saturated carbocycles. The summed E-state index contributed by atoms with van der Waals surface area (Å²) in [5.41, 5.74) is 4.35. The first kappa shape index (κ1) is 19.4. The lowest BCUT2D eigenvalue weighted by Gasteiger charge is -2.12. The molecule has 0 saturated heterocycles. The maximum atomic E-state index is 14.3. The Balaban J connectivity index is 1.42. The Morgan fingerprint density at radius 1 is 1.03 bits per heavy atom. The van der Waals surface area contributed by atoms with Gasteiger partial charge in [-0.25, -0.2) is 14.2 Å². The average Bonchev–Trinajstić information content (AvgIpc) is 3.17. The van der Waals surface area contributed by atoms with Crippen LogP contribution < -0.4 is 16.4 Å². The second-order valence-corrected chi connectivity index (χ2v) is 7.14. The van der Waals surface area contributed by atoms with Crippen molar-refractivity contribution >= 4 is 34.2 Å². The van der Waals surface area contributed by atoms with Gasteiger partial charge in [-0.2, -0.15) is 4.98 Å². The van der Waals surface area contributed by atoms with E-state index in [4.69, 9.17) is 4.42 Å². The number of hydrogen-bond donors (Lipinski definition) is 3. The van der Waals surface area contributed by atoms with Crippen molar-refractivity contribution in [3.8, 4) is 11.1 Å². The molecule has 5 aromatic rings. The molecule has 0 aliphatic heterocycles. The van der Waals surface area contributed by atoms with Gasteiger partial charge in [0.15, 0.2) is 5.58 Å². The molecule has 0 fully saturated rings. The van der Waals surface area contributed by atoms with Crippen molar-refractivity contribution in [2.75, 3.05) is 10.6 Å². The van der Waals surface area contributed by atoms with E-state index in [1.807, 2.05) is 6.92 Å². The molecule has 32 heavy (non-hydrogen) atoms. The number of aromatic amines is 1. The van der Waals surface area contributed by atoms with E-state index in [0.29, 0.717) is 39.7 Å². The summed E-state index contributed by atoms with van der Waals surface area (Å²) in [4.78, 5) is 26.9. The van der Waals surface area contributed by atoms with Gasteiger partial charge in [-0.1, -0.05) is 6.07 Å². The van der Waals surface area contributed by atoms with Crippen molar-refractivity contribution in [3.05, 3.63) is 89.1 Å². The predicted molar refractivity (Wildman–Crippen MR) is 120 cm³/mol. The molecule has 0 unspecified atom stereocenters. The van der Waals surface area contributed by atoms with E-state index in [2.05, 4.69) is 30.6 Å². The minimum absolute atomic E-state index is 0.344. The summed E-state index contributed by atoms with van der Waals surface area (Å²) >= 11 is 0. The maximum absolute atomic E-state index is 14.3. The number of anilines is 4. The SMILES string of the molecule is Cc1cnc(Nc2ccc(F)c(-c3cccnc3)c2)nc1Nc1ccc2oc(=O)[nH]c2c1. The lowest BCUT2D eigenvalue weighted by atomic mass is 10.1. The lowest BCUT2D eigenvalue weighted by Crippen LogP contribution is -2.03. The van der Waals surface area contributed by atoms with Gasteiger partial charge in [0.2, 0.25) is 5.95 Å². The van der Waals surface area contributed by atoms with E-state index in [-0.39, 0.29) is 5.82 Å². The standard InChI is InChI=1S/C23H17FN6O2/c1-13-11-26-22(28-15-4-6-18(24)17(9-15)14-3-2-8-25-12-14)30-21(13)27-16-5-7-20-19(10-16)29-23(31)32-20/h2-12H,1H3,(H,29,31)(H2,26,27,28,30). The number of aryl methyl sites for hydroxylation is 1. The largest absolute Gasteiger partial charge is 0.417 e. The maximum Gasteiger partial charge on any atom is 0.417 e. The molecule has 0 atom stereocenters. The summed E-state index contributed by atoms with van der Waals surface area (Å²) < 4.78 is 19.4. The molecule has 158 valence electrons. The quantitative estimate of drug-likeness (QED) is 0.365. The van der Waals surface area contributed by atoms with Gasteiger partial charge in [0.1, 0.15) is 11.6 Å². The van der Waals surface area contributed by atoms with Crippen LogP contribution in [0.1, 0.15) is 5.56 Å². The Labute approximate surface area is 181 Å². The highest BCUT2D eigenvalue weighted by Crippen LogP contribution is 2.27. The van der Waals surface area contributed by atoms with Crippen LogP contribution in [0.5, 0.6) is 0 Å². The summed E-state index contributed by atoms with van der Waals surface area (Å²) in [5, 5.41) is 6.34. The molecule has 5 rings (SSSR count). The van der Waals surface area contributed by atoms with Gasteiger partial charge >= 0.3 is 5.76 Å². The van der Waals surface area contributed by atoms with E-state index in [1.165, 1.54) is 6.07 Å². The summed E-state index contributed by atoms with van der Waals surface area (Å²) in [5.74, 6) is 0.0807. The molecule has 3 heterocycles. The zero-order valence-electron chi connectivity index (χ0n) is 16.9. The molecular weight excluding hydrogens is 411 g/mol. The minimum atomic E-state index is -0.508. The highest BCUT2D eigenvalue weighted by molar-refractivity contribution is 5.78. The molecule has 0 aliphatic carbocycles. The zero-order valence-corrected chi connectivity index (χ0v) is 16.9. The zero-order chi connectivity index (χ0) is 22.1. The molecule has 8 nitrogen and oxygen atoms in total. The Hall–Kier alpha value is -4.53. The smallest absolute Gasteiger partial charge is 0.408 e. The van der Waals surface area contributed by atoms with Crippen molar-refractivity contribution in [1.29, 1.82) is 0 Å². The van der Waals surface area contributed by atoms with Crippen LogP contribution in [0.2, 0.25) is 0 Å². The number of nitrogens with one attached hydrogen (secondary N) is 3. The Morgan fingerprint density at radius 2 is 1.88 bits per heavy atom. The number of rotatable bonds is 5. The van der Waals surface area contributed by atoms with Gasteiger partial charge < -0.3 is 15.1 Å². The summed E-state index contributed by atoms with van der Waals surface area (Å²) in [6, 6.07) is 13.5. The van der Waals surface area contributed by atoms with Crippen LogP contribution in [-0.4, -0.2) is 19.9 Å². The van der Waals surface area contributed by atoms with Gasteiger partial charge in [0.05, 0.1) is 5.52 Å². The number of nitrogens with zero attached hydrogens (tertiary/aromatic N) is 3. The normalized spacial score (nSPS) is 10.9. The number of benzene rings is 2.